The number of anilines is 1. The van der Waals surface area contributed by atoms with Gasteiger partial charge in [-0.1, -0.05) is 70.0 Å². The zero-order valence-electron chi connectivity index (χ0n) is 17.9. The second-order valence-corrected chi connectivity index (χ2v) is 9.88. The maximum atomic E-state index is 13.5. The van der Waals surface area contributed by atoms with Gasteiger partial charge in [-0.3, -0.25) is 9.69 Å². The summed E-state index contributed by atoms with van der Waals surface area (Å²) in [5, 5.41) is 0. The molecule has 0 radical (unpaired) electrons. The predicted molar refractivity (Wildman–Crippen MR) is 130 cm³/mol. The fourth-order valence-corrected chi connectivity index (χ4v) is 5.55. The molecular formula is C27H27BrN2O. The number of hydrogen-bond acceptors (Lipinski definition) is 2. The number of carbonyl (C=O) groups is 1. The van der Waals surface area contributed by atoms with Crippen LogP contribution in [0.15, 0.2) is 77.3 Å². The number of benzene rings is 3. The number of rotatable bonds is 3. The fraction of sp³-hybridized carbons (Fsp3) is 0.296. The third-order valence-electron chi connectivity index (χ3n) is 6.85. The van der Waals surface area contributed by atoms with Crippen molar-refractivity contribution in [3.8, 4) is 0 Å². The van der Waals surface area contributed by atoms with E-state index >= 15 is 0 Å². The molecule has 4 heteroatoms. The Hall–Kier alpha value is -2.43. The van der Waals surface area contributed by atoms with Gasteiger partial charge in [0.15, 0.2) is 0 Å². The first kappa shape index (κ1) is 20.5. The van der Waals surface area contributed by atoms with E-state index in [2.05, 4.69) is 76.3 Å². The van der Waals surface area contributed by atoms with Gasteiger partial charge in [0.2, 0.25) is 0 Å². The number of fused-ring (bicyclic) bond motifs is 2. The van der Waals surface area contributed by atoms with Crippen LogP contribution in [0.3, 0.4) is 0 Å². The standard InChI is InChI=1S/C27H27BrN2O/c1-20-10-11-25-24(16-20)27(19-30(25)26(31)22-8-5-9-23(28)17-22)12-14-29(15-13-27)18-21-6-3-2-4-7-21/h2-11,16-17H,12-15,18-19H2,1H3. The summed E-state index contributed by atoms with van der Waals surface area (Å²) in [5.41, 5.74) is 5.87. The second-order valence-electron chi connectivity index (χ2n) is 8.96. The van der Waals surface area contributed by atoms with Gasteiger partial charge >= 0.3 is 0 Å². The third kappa shape index (κ3) is 3.95. The quantitative estimate of drug-likeness (QED) is 0.467. The molecule has 0 bridgehead atoms. The lowest BCUT2D eigenvalue weighted by Gasteiger charge is -2.40. The van der Waals surface area contributed by atoms with E-state index in [-0.39, 0.29) is 11.3 Å². The van der Waals surface area contributed by atoms with Crippen LogP contribution in [0, 0.1) is 6.92 Å². The van der Waals surface area contributed by atoms with Gasteiger partial charge in [-0.2, -0.15) is 0 Å². The van der Waals surface area contributed by atoms with Crippen molar-refractivity contribution >= 4 is 27.5 Å². The van der Waals surface area contributed by atoms with Crippen LogP contribution in [0.1, 0.15) is 39.9 Å². The molecule has 2 aliphatic heterocycles. The second kappa shape index (κ2) is 8.25. The van der Waals surface area contributed by atoms with Gasteiger partial charge in [-0.25, -0.2) is 0 Å². The molecule has 1 saturated heterocycles. The fourth-order valence-electron chi connectivity index (χ4n) is 5.15. The molecule has 3 nitrogen and oxygen atoms in total. The van der Waals surface area contributed by atoms with E-state index in [0.717, 1.165) is 54.7 Å². The minimum atomic E-state index is 0.0518. The third-order valence-corrected chi connectivity index (χ3v) is 7.35. The largest absolute Gasteiger partial charge is 0.307 e. The van der Waals surface area contributed by atoms with Crippen LogP contribution in [0.2, 0.25) is 0 Å². The zero-order chi connectivity index (χ0) is 21.4. The minimum Gasteiger partial charge on any atom is -0.307 e. The summed E-state index contributed by atoms with van der Waals surface area (Å²) in [5.74, 6) is 0.0926. The molecule has 5 rings (SSSR count). The van der Waals surface area contributed by atoms with E-state index in [4.69, 9.17) is 0 Å². The number of hydrogen-bond donors (Lipinski definition) is 0. The Labute approximate surface area is 192 Å². The van der Waals surface area contributed by atoms with Gasteiger partial charge in [0.05, 0.1) is 0 Å². The van der Waals surface area contributed by atoms with Gasteiger partial charge in [0, 0.05) is 34.2 Å². The van der Waals surface area contributed by atoms with Crippen LogP contribution >= 0.6 is 15.9 Å². The van der Waals surface area contributed by atoms with Crippen molar-refractivity contribution in [2.45, 2.75) is 31.7 Å². The van der Waals surface area contributed by atoms with Crippen molar-refractivity contribution < 1.29 is 4.79 Å². The molecule has 158 valence electrons. The number of carbonyl (C=O) groups excluding carboxylic acids is 1. The number of aryl methyl sites for hydroxylation is 1. The van der Waals surface area contributed by atoms with Crippen molar-refractivity contribution in [2.75, 3.05) is 24.5 Å². The number of halogens is 1. The first-order valence-electron chi connectivity index (χ1n) is 11.0. The molecule has 31 heavy (non-hydrogen) atoms. The Balaban J connectivity index is 1.40. The van der Waals surface area contributed by atoms with Crippen LogP contribution in [0.5, 0.6) is 0 Å². The maximum absolute atomic E-state index is 13.5. The number of nitrogens with zero attached hydrogens (tertiary/aromatic N) is 2. The lowest BCUT2D eigenvalue weighted by atomic mass is 9.74. The van der Waals surface area contributed by atoms with Crippen molar-refractivity contribution in [3.63, 3.8) is 0 Å². The molecular weight excluding hydrogens is 448 g/mol. The van der Waals surface area contributed by atoms with E-state index in [0.29, 0.717) is 0 Å². The average Bonchev–Trinajstić information content (AvgIpc) is 3.09. The Morgan fingerprint density at radius 3 is 2.48 bits per heavy atom. The summed E-state index contributed by atoms with van der Waals surface area (Å²) in [7, 11) is 0. The van der Waals surface area contributed by atoms with Gasteiger partial charge in [0.25, 0.3) is 5.91 Å². The average molecular weight is 475 g/mol. The van der Waals surface area contributed by atoms with E-state index in [1.807, 2.05) is 29.2 Å². The molecule has 0 aromatic heterocycles. The van der Waals surface area contributed by atoms with E-state index in [1.54, 1.807) is 0 Å². The lowest BCUT2D eigenvalue weighted by Crippen LogP contribution is -2.45. The lowest BCUT2D eigenvalue weighted by molar-refractivity contribution is 0.0975. The van der Waals surface area contributed by atoms with E-state index < -0.39 is 0 Å². The molecule has 0 saturated carbocycles. The SMILES string of the molecule is Cc1ccc2c(c1)C1(CCN(Cc3ccccc3)CC1)CN2C(=O)c1cccc(Br)c1. The Morgan fingerprint density at radius 2 is 1.74 bits per heavy atom. The van der Waals surface area contributed by atoms with Crippen molar-refractivity contribution in [2.24, 2.45) is 0 Å². The Kier molecular flexibility index (Phi) is 5.45. The molecule has 1 amide bonds. The highest BCUT2D eigenvalue weighted by molar-refractivity contribution is 9.10. The highest BCUT2D eigenvalue weighted by Gasteiger charge is 2.46. The van der Waals surface area contributed by atoms with E-state index in [1.165, 1.54) is 16.7 Å². The predicted octanol–water partition coefficient (Wildman–Crippen LogP) is 5.95. The normalized spacial score (nSPS) is 17.7. The van der Waals surface area contributed by atoms with Gasteiger partial charge in [-0.15, -0.1) is 0 Å². The topological polar surface area (TPSA) is 23.6 Å². The number of likely N-dealkylation sites (tertiary alicyclic amines) is 1. The molecule has 0 aliphatic carbocycles. The van der Waals surface area contributed by atoms with Crippen molar-refractivity contribution in [1.29, 1.82) is 0 Å². The Bertz CT molecular complexity index is 1100. The van der Waals surface area contributed by atoms with Crippen LogP contribution in [0.25, 0.3) is 0 Å². The molecule has 1 spiro atoms. The molecule has 3 aromatic carbocycles. The van der Waals surface area contributed by atoms with E-state index in [9.17, 15) is 4.79 Å². The van der Waals surface area contributed by atoms with Gasteiger partial charge < -0.3 is 4.90 Å². The highest BCUT2D eigenvalue weighted by Crippen LogP contribution is 2.48. The first-order valence-corrected chi connectivity index (χ1v) is 11.8. The molecule has 0 unspecified atom stereocenters. The highest BCUT2D eigenvalue weighted by atomic mass is 79.9. The van der Waals surface area contributed by atoms with Crippen molar-refractivity contribution in [1.82, 2.24) is 4.90 Å². The van der Waals surface area contributed by atoms with Crippen LogP contribution < -0.4 is 4.90 Å². The molecule has 3 aromatic rings. The Morgan fingerprint density at radius 1 is 0.968 bits per heavy atom. The summed E-state index contributed by atoms with van der Waals surface area (Å²) in [6.45, 7) is 6.04. The first-order chi connectivity index (χ1) is 15.0. The number of piperidine rings is 1. The summed E-state index contributed by atoms with van der Waals surface area (Å²) in [4.78, 5) is 18.0. The smallest absolute Gasteiger partial charge is 0.258 e. The summed E-state index contributed by atoms with van der Waals surface area (Å²) in [6, 6.07) is 25.0. The molecule has 0 N–H and O–H groups in total. The van der Waals surface area contributed by atoms with Gasteiger partial charge in [0.1, 0.15) is 0 Å². The molecule has 0 atom stereocenters. The van der Waals surface area contributed by atoms with Crippen LogP contribution in [-0.2, 0) is 12.0 Å². The molecule has 2 heterocycles. The van der Waals surface area contributed by atoms with Crippen LogP contribution in [0.4, 0.5) is 5.69 Å². The molecule has 2 aliphatic rings. The monoisotopic (exact) mass is 474 g/mol. The summed E-state index contributed by atoms with van der Waals surface area (Å²) >= 11 is 3.51. The van der Waals surface area contributed by atoms with Crippen LogP contribution in [-0.4, -0.2) is 30.4 Å². The van der Waals surface area contributed by atoms with Gasteiger partial charge in [-0.05, 0) is 68.2 Å². The number of amides is 1. The van der Waals surface area contributed by atoms with Crippen molar-refractivity contribution in [3.05, 3.63) is 99.5 Å². The molecule has 1 fully saturated rings. The zero-order valence-corrected chi connectivity index (χ0v) is 19.4. The summed E-state index contributed by atoms with van der Waals surface area (Å²) < 4.78 is 0.936. The maximum Gasteiger partial charge on any atom is 0.258 e. The summed E-state index contributed by atoms with van der Waals surface area (Å²) in [6.07, 6.45) is 2.16. The minimum absolute atomic E-state index is 0.0518.